The van der Waals surface area contributed by atoms with Gasteiger partial charge < -0.3 is 20.8 Å². The third-order valence-corrected chi connectivity index (χ3v) is 3.05. The van der Waals surface area contributed by atoms with E-state index in [9.17, 15) is 13.8 Å². The summed E-state index contributed by atoms with van der Waals surface area (Å²) in [5, 5.41) is 22.2. The quantitative estimate of drug-likeness (QED) is 0.468. The molecule has 106 valence electrons. The monoisotopic (exact) mass is 280 g/mol. The zero-order valence-electron chi connectivity index (χ0n) is 10.5. The van der Waals surface area contributed by atoms with E-state index in [-0.39, 0.29) is 19.1 Å². The highest BCUT2D eigenvalue weighted by Gasteiger charge is 2.19. The molecule has 18 heavy (non-hydrogen) atoms. The molecule has 0 heterocycles. The summed E-state index contributed by atoms with van der Waals surface area (Å²) < 4.78 is 10.9. The number of rotatable bonds is 8. The summed E-state index contributed by atoms with van der Waals surface area (Å²) in [6, 6.07) is -1.91. The van der Waals surface area contributed by atoms with Gasteiger partial charge in [-0.2, -0.15) is 0 Å². The molecule has 0 aromatic heterocycles. The number of hydrogen-bond donors (Lipinski definition) is 4. The predicted molar refractivity (Wildman–Crippen MR) is 67.8 cm³/mol. The number of hydrogen-bond acceptors (Lipinski definition) is 4. The van der Waals surface area contributed by atoms with Crippen molar-refractivity contribution in [2.45, 2.75) is 31.8 Å². The van der Waals surface area contributed by atoms with Gasteiger partial charge in [0.05, 0.1) is 0 Å². The minimum atomic E-state index is -1.19. The summed E-state index contributed by atoms with van der Waals surface area (Å²) in [7, 11) is -0.921. The summed E-state index contributed by atoms with van der Waals surface area (Å²) in [6.45, 7) is 1.43. The van der Waals surface area contributed by atoms with Gasteiger partial charge in [-0.3, -0.25) is 4.21 Å². The van der Waals surface area contributed by atoms with Crippen LogP contribution in [0.25, 0.3) is 0 Å². The molecule has 0 radical (unpaired) electrons. The highest BCUT2D eigenvalue weighted by atomic mass is 32.2. The standard InChI is InChI=1S/C10H20N2O5S/c1-7(4-6-18(2)17)11-10(16)12-8(3-5-13)9(14)15/h7-8,13H,3-6H2,1-2H3,(H,14,15)(H2,11,12,16)/t7?,8-,18?/m0/s1. The summed E-state index contributed by atoms with van der Waals surface area (Å²) >= 11 is 0. The smallest absolute Gasteiger partial charge is 0.326 e. The minimum Gasteiger partial charge on any atom is -0.480 e. The number of aliphatic hydroxyl groups excluding tert-OH is 1. The van der Waals surface area contributed by atoms with E-state index < -0.39 is 28.8 Å². The van der Waals surface area contributed by atoms with Gasteiger partial charge in [-0.15, -0.1) is 0 Å². The van der Waals surface area contributed by atoms with Gasteiger partial charge in [0.25, 0.3) is 0 Å². The summed E-state index contributed by atoms with van der Waals surface area (Å²) in [5.41, 5.74) is 0. The molecular weight excluding hydrogens is 260 g/mol. The Morgan fingerprint density at radius 2 is 1.89 bits per heavy atom. The van der Waals surface area contributed by atoms with Gasteiger partial charge >= 0.3 is 12.0 Å². The van der Waals surface area contributed by atoms with Crippen molar-refractivity contribution in [2.75, 3.05) is 18.6 Å². The Bertz CT molecular complexity index is 311. The molecule has 0 aromatic rings. The first-order chi connectivity index (χ1) is 8.36. The molecule has 0 saturated heterocycles. The molecule has 0 bridgehead atoms. The van der Waals surface area contributed by atoms with E-state index in [2.05, 4.69) is 10.6 Å². The Balaban J connectivity index is 4.07. The number of carbonyl (C=O) groups is 2. The topological polar surface area (TPSA) is 116 Å². The number of carboxylic acid groups (broad SMARTS) is 1. The fourth-order valence-corrected chi connectivity index (χ4v) is 1.91. The van der Waals surface area contributed by atoms with Crippen LogP contribution in [0.2, 0.25) is 0 Å². The second-order valence-electron chi connectivity index (χ2n) is 3.99. The Hall–Kier alpha value is -1.15. The van der Waals surface area contributed by atoms with E-state index in [1.807, 2.05) is 0 Å². The van der Waals surface area contributed by atoms with Crippen molar-refractivity contribution in [2.24, 2.45) is 0 Å². The van der Waals surface area contributed by atoms with Gasteiger partial charge in [0.2, 0.25) is 0 Å². The Morgan fingerprint density at radius 3 is 2.33 bits per heavy atom. The molecule has 0 aliphatic heterocycles. The fraction of sp³-hybridized carbons (Fsp3) is 0.800. The van der Waals surface area contributed by atoms with E-state index >= 15 is 0 Å². The molecule has 0 rings (SSSR count). The molecule has 7 nitrogen and oxygen atoms in total. The number of aliphatic carboxylic acids is 1. The number of aliphatic hydroxyl groups is 1. The lowest BCUT2D eigenvalue weighted by Gasteiger charge is -2.17. The van der Waals surface area contributed by atoms with Crippen LogP contribution in [0.5, 0.6) is 0 Å². The third-order valence-electron chi connectivity index (χ3n) is 2.24. The van der Waals surface area contributed by atoms with Gasteiger partial charge in [-0.1, -0.05) is 0 Å². The number of carboxylic acids is 1. The number of amides is 2. The van der Waals surface area contributed by atoms with Crippen molar-refractivity contribution in [1.82, 2.24) is 10.6 Å². The van der Waals surface area contributed by atoms with E-state index in [1.54, 1.807) is 13.2 Å². The van der Waals surface area contributed by atoms with Crippen LogP contribution < -0.4 is 10.6 Å². The van der Waals surface area contributed by atoms with Crippen LogP contribution in [-0.2, 0) is 15.6 Å². The number of carbonyl (C=O) groups excluding carboxylic acids is 1. The largest absolute Gasteiger partial charge is 0.480 e. The Morgan fingerprint density at radius 1 is 1.28 bits per heavy atom. The molecule has 8 heteroatoms. The van der Waals surface area contributed by atoms with Gasteiger partial charge in [-0.05, 0) is 13.3 Å². The van der Waals surface area contributed by atoms with Gasteiger partial charge in [0.15, 0.2) is 0 Å². The van der Waals surface area contributed by atoms with Crippen LogP contribution >= 0.6 is 0 Å². The van der Waals surface area contributed by atoms with Crippen molar-refractivity contribution in [3.63, 3.8) is 0 Å². The predicted octanol–water partition coefficient (Wildman–Crippen LogP) is -0.722. The third kappa shape index (κ3) is 8.02. The number of urea groups is 1. The Labute approximate surface area is 108 Å². The van der Waals surface area contributed by atoms with Crippen molar-refractivity contribution in [1.29, 1.82) is 0 Å². The maximum Gasteiger partial charge on any atom is 0.326 e. The molecule has 3 atom stereocenters. The first-order valence-electron chi connectivity index (χ1n) is 5.57. The second kappa shape index (κ2) is 8.87. The molecule has 0 fully saturated rings. The summed E-state index contributed by atoms with van der Waals surface area (Å²) in [5.74, 6) is -0.720. The SMILES string of the molecule is CC(CCS(C)=O)NC(=O)N[C@@H](CCO)C(=O)O. The molecule has 0 saturated carbocycles. The molecule has 0 aliphatic rings. The summed E-state index contributed by atoms with van der Waals surface area (Å²) in [4.78, 5) is 22.2. The molecule has 2 unspecified atom stereocenters. The average molecular weight is 280 g/mol. The van der Waals surface area contributed by atoms with E-state index in [1.165, 1.54) is 0 Å². The van der Waals surface area contributed by atoms with Crippen LogP contribution in [0.15, 0.2) is 0 Å². The lowest BCUT2D eigenvalue weighted by molar-refractivity contribution is -0.139. The van der Waals surface area contributed by atoms with Crippen molar-refractivity contribution >= 4 is 22.8 Å². The summed E-state index contributed by atoms with van der Waals surface area (Å²) in [6.07, 6.45) is 2.08. The fourth-order valence-electron chi connectivity index (χ4n) is 1.23. The Kier molecular flexibility index (Phi) is 8.30. The second-order valence-corrected chi connectivity index (χ2v) is 5.54. The van der Waals surface area contributed by atoms with Gasteiger partial charge in [0, 0.05) is 41.9 Å². The van der Waals surface area contributed by atoms with Crippen LogP contribution in [0.4, 0.5) is 4.79 Å². The molecule has 4 N–H and O–H groups in total. The number of nitrogens with one attached hydrogen (secondary N) is 2. The van der Waals surface area contributed by atoms with Crippen LogP contribution in [0, 0.1) is 0 Å². The zero-order valence-corrected chi connectivity index (χ0v) is 11.3. The highest BCUT2D eigenvalue weighted by molar-refractivity contribution is 7.84. The lowest BCUT2D eigenvalue weighted by atomic mass is 10.2. The van der Waals surface area contributed by atoms with E-state index in [0.29, 0.717) is 12.2 Å². The lowest BCUT2D eigenvalue weighted by Crippen LogP contribution is -2.48. The van der Waals surface area contributed by atoms with Gasteiger partial charge in [0.1, 0.15) is 6.04 Å². The van der Waals surface area contributed by atoms with Crippen LogP contribution in [0.1, 0.15) is 19.8 Å². The average Bonchev–Trinajstić information content (AvgIpc) is 2.25. The molecule has 2 amide bonds. The normalized spacial score (nSPS) is 15.5. The van der Waals surface area contributed by atoms with Crippen LogP contribution in [-0.4, -0.2) is 57.1 Å². The van der Waals surface area contributed by atoms with E-state index in [4.69, 9.17) is 10.2 Å². The molecular formula is C10H20N2O5S. The van der Waals surface area contributed by atoms with Crippen molar-refractivity contribution in [3.8, 4) is 0 Å². The molecule has 0 aromatic carbocycles. The maximum atomic E-state index is 11.4. The van der Waals surface area contributed by atoms with E-state index in [0.717, 1.165) is 0 Å². The highest BCUT2D eigenvalue weighted by Crippen LogP contribution is 1.95. The first kappa shape index (κ1) is 16.9. The van der Waals surface area contributed by atoms with Gasteiger partial charge in [-0.25, -0.2) is 9.59 Å². The molecule has 0 spiro atoms. The molecule has 0 aliphatic carbocycles. The zero-order chi connectivity index (χ0) is 14.1. The van der Waals surface area contributed by atoms with Crippen LogP contribution in [0.3, 0.4) is 0 Å². The van der Waals surface area contributed by atoms with Crippen molar-refractivity contribution < 1.29 is 24.0 Å². The van der Waals surface area contributed by atoms with Crippen molar-refractivity contribution in [3.05, 3.63) is 0 Å². The first-order valence-corrected chi connectivity index (χ1v) is 7.30. The minimum absolute atomic E-state index is 0.0455. The maximum absolute atomic E-state index is 11.4.